The van der Waals surface area contributed by atoms with Crippen LogP contribution in [0, 0.1) is 5.41 Å². The number of aromatic nitrogens is 1. The molecule has 1 aromatic heterocycles. The summed E-state index contributed by atoms with van der Waals surface area (Å²) in [6, 6.07) is -0.332. The van der Waals surface area contributed by atoms with Gasteiger partial charge in [0, 0.05) is 11.1 Å². The van der Waals surface area contributed by atoms with E-state index in [9.17, 15) is 13.2 Å². The Balaban J connectivity index is 3.03. The maximum absolute atomic E-state index is 12.4. The number of hydrazine groups is 1. The molecule has 0 saturated carbocycles. The van der Waals surface area contributed by atoms with Crippen LogP contribution in [0.15, 0.2) is 6.20 Å². The van der Waals surface area contributed by atoms with Crippen molar-refractivity contribution in [2.75, 3.05) is 0 Å². The van der Waals surface area contributed by atoms with E-state index in [0.29, 0.717) is 16.2 Å². The Kier molecular flexibility index (Phi) is 4.16. The largest absolute Gasteiger partial charge is 0.443 e. The minimum Gasteiger partial charge on any atom is -0.271 e. The number of nitrogens with two attached hydrogens (primary N) is 1. The number of hydrogen-bond donors (Lipinski definition) is 2. The molecule has 1 rings (SSSR count). The number of nitrogens with one attached hydrogen (secondary N) is 1. The van der Waals surface area contributed by atoms with Crippen LogP contribution in [0.3, 0.4) is 0 Å². The first-order valence-electron chi connectivity index (χ1n) is 5.21. The van der Waals surface area contributed by atoms with Crippen molar-refractivity contribution in [1.82, 2.24) is 10.4 Å². The monoisotopic (exact) mass is 267 g/mol. The van der Waals surface area contributed by atoms with Crippen LogP contribution in [-0.4, -0.2) is 4.98 Å². The first kappa shape index (κ1) is 14.4. The minimum atomic E-state index is -4.39. The van der Waals surface area contributed by atoms with Crippen LogP contribution in [0.25, 0.3) is 0 Å². The highest BCUT2D eigenvalue weighted by molar-refractivity contribution is 7.11. The molecule has 3 nitrogen and oxygen atoms in total. The average molecular weight is 267 g/mol. The van der Waals surface area contributed by atoms with E-state index >= 15 is 0 Å². The summed E-state index contributed by atoms with van der Waals surface area (Å²) in [5.41, 5.74) is 2.35. The lowest BCUT2D eigenvalue weighted by atomic mass is 9.81. The van der Waals surface area contributed by atoms with Gasteiger partial charge in [0.1, 0.15) is 0 Å². The molecule has 1 unspecified atom stereocenters. The molecule has 1 aromatic rings. The second-order valence-electron chi connectivity index (χ2n) is 4.51. The number of alkyl halides is 3. The molecular weight excluding hydrogens is 251 g/mol. The van der Waals surface area contributed by atoms with Gasteiger partial charge in [0.15, 0.2) is 5.01 Å². The molecule has 0 amide bonds. The second kappa shape index (κ2) is 4.91. The highest BCUT2D eigenvalue weighted by atomic mass is 32.1. The Morgan fingerprint density at radius 3 is 2.41 bits per heavy atom. The van der Waals surface area contributed by atoms with E-state index in [1.54, 1.807) is 0 Å². The van der Waals surface area contributed by atoms with Gasteiger partial charge in [-0.2, -0.15) is 13.2 Å². The van der Waals surface area contributed by atoms with Gasteiger partial charge in [-0.3, -0.25) is 11.3 Å². The van der Waals surface area contributed by atoms with E-state index in [1.807, 2.05) is 20.8 Å². The molecule has 0 aliphatic rings. The fourth-order valence-corrected chi connectivity index (χ4v) is 2.50. The van der Waals surface area contributed by atoms with Crippen molar-refractivity contribution in [2.45, 2.75) is 39.4 Å². The van der Waals surface area contributed by atoms with Crippen molar-refractivity contribution < 1.29 is 13.2 Å². The van der Waals surface area contributed by atoms with Crippen LogP contribution in [-0.2, 0) is 6.18 Å². The summed E-state index contributed by atoms with van der Waals surface area (Å²) < 4.78 is 37.3. The van der Waals surface area contributed by atoms with Crippen molar-refractivity contribution in [3.8, 4) is 0 Å². The maximum atomic E-state index is 12.4. The first-order valence-corrected chi connectivity index (χ1v) is 6.03. The summed E-state index contributed by atoms with van der Waals surface area (Å²) in [5, 5.41) is -0.834. The van der Waals surface area contributed by atoms with Gasteiger partial charge in [0.25, 0.3) is 0 Å². The third kappa shape index (κ3) is 3.17. The summed E-state index contributed by atoms with van der Waals surface area (Å²) in [6.45, 7) is 5.87. The number of thiazole rings is 1. The van der Waals surface area contributed by atoms with Crippen molar-refractivity contribution in [2.24, 2.45) is 11.3 Å². The van der Waals surface area contributed by atoms with Crippen LogP contribution < -0.4 is 11.3 Å². The molecule has 3 N–H and O–H groups in total. The van der Waals surface area contributed by atoms with Crippen LogP contribution >= 0.6 is 11.3 Å². The van der Waals surface area contributed by atoms with Crippen LogP contribution in [0.2, 0.25) is 0 Å². The predicted octanol–water partition coefficient (Wildman–Crippen LogP) is 3.10. The lowest BCUT2D eigenvalue weighted by molar-refractivity contribution is -0.137. The molecule has 0 spiro atoms. The van der Waals surface area contributed by atoms with E-state index in [2.05, 4.69) is 10.4 Å². The summed E-state index contributed by atoms with van der Waals surface area (Å²) in [5.74, 6) is 5.43. The standard InChI is InChI=1S/C10H16F3N3S/c1-4-9(2,3)7(16-14)6-5-15-8(17-6)10(11,12)13/h5,7,16H,4,14H2,1-3H3. The molecule has 1 atom stereocenters. The van der Waals surface area contributed by atoms with Crippen molar-refractivity contribution >= 4 is 11.3 Å². The Labute approximate surface area is 102 Å². The van der Waals surface area contributed by atoms with Gasteiger partial charge < -0.3 is 0 Å². The topological polar surface area (TPSA) is 50.9 Å². The van der Waals surface area contributed by atoms with Crippen LogP contribution in [0.5, 0.6) is 0 Å². The molecule has 0 bridgehead atoms. The third-order valence-electron chi connectivity index (χ3n) is 2.91. The number of nitrogens with zero attached hydrogens (tertiary/aromatic N) is 1. The molecule has 0 aliphatic heterocycles. The lowest BCUT2D eigenvalue weighted by Gasteiger charge is -2.31. The quantitative estimate of drug-likeness (QED) is 0.651. The Morgan fingerprint density at radius 1 is 1.47 bits per heavy atom. The van der Waals surface area contributed by atoms with Crippen molar-refractivity contribution in [1.29, 1.82) is 0 Å². The second-order valence-corrected chi connectivity index (χ2v) is 5.57. The zero-order chi connectivity index (χ0) is 13.3. The normalized spacial score (nSPS) is 15.0. The molecule has 0 aliphatic carbocycles. The molecule has 7 heteroatoms. The number of halogens is 3. The van der Waals surface area contributed by atoms with Gasteiger partial charge >= 0.3 is 6.18 Å². The predicted molar refractivity (Wildman–Crippen MR) is 61.3 cm³/mol. The molecule has 0 radical (unpaired) electrons. The van der Waals surface area contributed by atoms with E-state index in [-0.39, 0.29) is 11.5 Å². The van der Waals surface area contributed by atoms with Gasteiger partial charge in [-0.1, -0.05) is 20.8 Å². The first-order chi connectivity index (χ1) is 7.72. The van der Waals surface area contributed by atoms with Gasteiger partial charge in [-0.25, -0.2) is 4.98 Å². The molecule has 0 aromatic carbocycles. The SMILES string of the molecule is CCC(C)(C)C(NN)c1cnc(C(F)(F)F)s1. The summed E-state index contributed by atoms with van der Waals surface area (Å²) in [6.07, 6.45) is -2.35. The van der Waals surface area contributed by atoms with Gasteiger partial charge in [-0.15, -0.1) is 11.3 Å². The molecule has 98 valence electrons. The third-order valence-corrected chi connectivity index (χ3v) is 4.02. The lowest BCUT2D eigenvalue weighted by Crippen LogP contribution is -2.37. The van der Waals surface area contributed by atoms with Crippen molar-refractivity contribution in [3.05, 3.63) is 16.1 Å². The van der Waals surface area contributed by atoms with Gasteiger partial charge in [0.2, 0.25) is 0 Å². The Bertz CT molecular complexity index is 373. The summed E-state index contributed by atoms with van der Waals surface area (Å²) >= 11 is 0.636. The van der Waals surface area contributed by atoms with E-state index in [4.69, 9.17) is 5.84 Å². The maximum Gasteiger partial charge on any atom is 0.443 e. The average Bonchev–Trinajstić information content (AvgIpc) is 2.67. The van der Waals surface area contributed by atoms with E-state index < -0.39 is 11.2 Å². The smallest absolute Gasteiger partial charge is 0.271 e. The van der Waals surface area contributed by atoms with Crippen molar-refractivity contribution in [3.63, 3.8) is 0 Å². The van der Waals surface area contributed by atoms with E-state index in [0.717, 1.165) is 6.42 Å². The fraction of sp³-hybridized carbons (Fsp3) is 0.700. The number of rotatable bonds is 4. The highest BCUT2D eigenvalue weighted by Gasteiger charge is 2.37. The zero-order valence-electron chi connectivity index (χ0n) is 9.93. The van der Waals surface area contributed by atoms with E-state index in [1.165, 1.54) is 6.20 Å². The van der Waals surface area contributed by atoms with Gasteiger partial charge in [0.05, 0.1) is 6.04 Å². The fourth-order valence-electron chi connectivity index (χ4n) is 1.45. The van der Waals surface area contributed by atoms with Crippen LogP contribution in [0.4, 0.5) is 13.2 Å². The number of hydrogen-bond acceptors (Lipinski definition) is 4. The Hall–Kier alpha value is -0.660. The minimum absolute atomic E-state index is 0.232. The van der Waals surface area contributed by atoms with Gasteiger partial charge in [-0.05, 0) is 11.8 Å². The Morgan fingerprint density at radius 2 is 2.06 bits per heavy atom. The summed E-state index contributed by atoms with van der Waals surface area (Å²) in [7, 11) is 0. The molecule has 0 saturated heterocycles. The summed E-state index contributed by atoms with van der Waals surface area (Å²) in [4.78, 5) is 3.91. The molecule has 17 heavy (non-hydrogen) atoms. The van der Waals surface area contributed by atoms with Crippen LogP contribution in [0.1, 0.15) is 43.1 Å². The highest BCUT2D eigenvalue weighted by Crippen LogP contribution is 2.40. The molecular formula is C10H16F3N3S. The molecule has 0 fully saturated rings. The molecule has 1 heterocycles. The zero-order valence-corrected chi connectivity index (χ0v) is 10.7.